The van der Waals surface area contributed by atoms with Gasteiger partial charge in [-0.2, -0.15) is 11.8 Å². The number of aromatic nitrogens is 4. The largest absolute Gasteiger partial charge is 0.480 e. The van der Waals surface area contributed by atoms with Crippen molar-refractivity contribution in [3.05, 3.63) is 5.82 Å². The molecule has 3 N–H and O–H groups in total. The Morgan fingerprint density at radius 2 is 2.44 bits per heavy atom. The molecule has 1 heterocycles. The van der Waals surface area contributed by atoms with Crippen molar-refractivity contribution in [2.45, 2.75) is 30.7 Å². The van der Waals surface area contributed by atoms with Crippen molar-refractivity contribution < 1.29 is 9.90 Å². The van der Waals surface area contributed by atoms with Crippen LogP contribution in [0.5, 0.6) is 0 Å². The highest BCUT2D eigenvalue weighted by molar-refractivity contribution is 7.98. The highest BCUT2D eigenvalue weighted by Gasteiger charge is 2.27. The standard InChI is InChI=1S/C8H13N5O2S/c9-6(8(14)15)3-16-4-7-10-11-12-13(7)5-1-2-5/h5-6H,1-4,9H2,(H,14,15). The van der Waals surface area contributed by atoms with Gasteiger partial charge in [-0.3, -0.25) is 4.79 Å². The van der Waals surface area contributed by atoms with Gasteiger partial charge < -0.3 is 10.8 Å². The van der Waals surface area contributed by atoms with Gasteiger partial charge in [-0.05, 0) is 23.3 Å². The molecular formula is C8H13N5O2S. The van der Waals surface area contributed by atoms with Crippen LogP contribution in [0.15, 0.2) is 0 Å². The summed E-state index contributed by atoms with van der Waals surface area (Å²) >= 11 is 1.44. The molecule has 1 aliphatic rings. The predicted octanol–water partition coefficient (Wildman–Crippen LogP) is -0.347. The Kier molecular flexibility index (Phi) is 3.39. The molecule has 1 saturated carbocycles. The predicted molar refractivity (Wildman–Crippen MR) is 57.9 cm³/mol. The fourth-order valence-corrected chi connectivity index (χ4v) is 2.15. The first-order chi connectivity index (χ1) is 7.68. The second-order valence-electron chi connectivity index (χ2n) is 3.73. The van der Waals surface area contributed by atoms with Crippen LogP contribution in [0, 0.1) is 0 Å². The average Bonchev–Trinajstić information content (AvgIpc) is 2.99. The van der Waals surface area contributed by atoms with Gasteiger partial charge >= 0.3 is 5.97 Å². The van der Waals surface area contributed by atoms with Gasteiger partial charge in [-0.25, -0.2) is 4.68 Å². The Morgan fingerprint density at radius 3 is 3.06 bits per heavy atom. The number of hydrogen-bond acceptors (Lipinski definition) is 6. The Balaban J connectivity index is 1.80. The SMILES string of the molecule is NC(CSCc1nnnn1C1CC1)C(=O)O. The van der Waals surface area contributed by atoms with Crippen molar-refractivity contribution >= 4 is 17.7 Å². The number of tetrazole rings is 1. The van der Waals surface area contributed by atoms with Gasteiger partial charge in [-0.15, -0.1) is 5.10 Å². The summed E-state index contributed by atoms with van der Waals surface area (Å²) < 4.78 is 1.82. The summed E-state index contributed by atoms with van der Waals surface area (Å²) in [5, 5.41) is 20.0. The molecule has 0 spiro atoms. The van der Waals surface area contributed by atoms with Crippen LogP contribution in [0.2, 0.25) is 0 Å². The normalized spacial score (nSPS) is 17.3. The third kappa shape index (κ3) is 2.70. The lowest BCUT2D eigenvalue weighted by Gasteiger charge is -2.05. The lowest BCUT2D eigenvalue weighted by molar-refractivity contribution is -0.137. The van der Waals surface area contributed by atoms with Crippen LogP contribution in [0.4, 0.5) is 0 Å². The van der Waals surface area contributed by atoms with E-state index in [1.165, 1.54) is 11.8 Å². The van der Waals surface area contributed by atoms with E-state index in [-0.39, 0.29) is 0 Å². The van der Waals surface area contributed by atoms with E-state index < -0.39 is 12.0 Å². The van der Waals surface area contributed by atoms with Crippen LogP contribution in [-0.2, 0) is 10.5 Å². The fraction of sp³-hybridized carbons (Fsp3) is 0.750. The van der Waals surface area contributed by atoms with Gasteiger partial charge in [-0.1, -0.05) is 0 Å². The highest BCUT2D eigenvalue weighted by atomic mass is 32.2. The molecule has 0 amide bonds. The van der Waals surface area contributed by atoms with E-state index in [0.717, 1.165) is 18.7 Å². The van der Waals surface area contributed by atoms with Crippen LogP contribution in [0.25, 0.3) is 0 Å². The van der Waals surface area contributed by atoms with Crippen molar-refractivity contribution in [2.24, 2.45) is 5.73 Å². The molecule has 0 aliphatic heterocycles. The average molecular weight is 243 g/mol. The molecule has 0 bridgehead atoms. The van der Waals surface area contributed by atoms with E-state index >= 15 is 0 Å². The quantitative estimate of drug-likeness (QED) is 0.703. The Labute approximate surface area is 96.4 Å². The molecule has 88 valence electrons. The van der Waals surface area contributed by atoms with Crippen LogP contribution in [0.1, 0.15) is 24.7 Å². The summed E-state index contributed by atoms with van der Waals surface area (Å²) in [4.78, 5) is 10.5. The van der Waals surface area contributed by atoms with Gasteiger partial charge in [0.15, 0.2) is 5.82 Å². The molecule has 2 rings (SSSR count). The Bertz CT molecular complexity index is 378. The molecule has 0 saturated heterocycles. The van der Waals surface area contributed by atoms with E-state index in [4.69, 9.17) is 10.8 Å². The molecule has 1 aromatic rings. The second kappa shape index (κ2) is 4.79. The van der Waals surface area contributed by atoms with E-state index in [0.29, 0.717) is 17.5 Å². The van der Waals surface area contributed by atoms with Gasteiger partial charge in [0, 0.05) is 5.75 Å². The van der Waals surface area contributed by atoms with Crippen molar-refractivity contribution in [1.29, 1.82) is 0 Å². The summed E-state index contributed by atoms with van der Waals surface area (Å²) in [5.41, 5.74) is 5.39. The number of aliphatic carboxylic acids is 1. The maximum atomic E-state index is 10.5. The third-order valence-electron chi connectivity index (χ3n) is 2.30. The number of carbonyl (C=O) groups is 1. The zero-order valence-corrected chi connectivity index (χ0v) is 9.43. The van der Waals surface area contributed by atoms with Crippen LogP contribution >= 0.6 is 11.8 Å². The van der Waals surface area contributed by atoms with Gasteiger partial charge in [0.25, 0.3) is 0 Å². The van der Waals surface area contributed by atoms with E-state index in [2.05, 4.69) is 15.5 Å². The van der Waals surface area contributed by atoms with Gasteiger partial charge in [0.1, 0.15) is 6.04 Å². The first kappa shape index (κ1) is 11.3. The summed E-state index contributed by atoms with van der Waals surface area (Å²) in [5.74, 6) is 0.788. The van der Waals surface area contributed by atoms with Gasteiger partial charge in [0.05, 0.1) is 11.8 Å². The lowest BCUT2D eigenvalue weighted by Crippen LogP contribution is -2.32. The van der Waals surface area contributed by atoms with Crippen molar-refractivity contribution in [2.75, 3.05) is 5.75 Å². The molecule has 8 heteroatoms. The van der Waals surface area contributed by atoms with E-state index in [1.54, 1.807) is 0 Å². The van der Waals surface area contributed by atoms with Crippen LogP contribution in [-0.4, -0.2) is 43.1 Å². The minimum atomic E-state index is -0.978. The molecule has 1 fully saturated rings. The molecule has 7 nitrogen and oxygen atoms in total. The first-order valence-electron chi connectivity index (χ1n) is 5.01. The Morgan fingerprint density at radius 1 is 1.69 bits per heavy atom. The summed E-state index contributed by atoms with van der Waals surface area (Å²) in [6.45, 7) is 0. The summed E-state index contributed by atoms with van der Waals surface area (Å²) in [7, 11) is 0. The summed E-state index contributed by atoms with van der Waals surface area (Å²) in [6, 6.07) is -0.381. The summed E-state index contributed by atoms with van der Waals surface area (Å²) in [6.07, 6.45) is 2.24. The van der Waals surface area contributed by atoms with Crippen LogP contribution < -0.4 is 5.73 Å². The van der Waals surface area contributed by atoms with Crippen molar-refractivity contribution in [1.82, 2.24) is 20.2 Å². The second-order valence-corrected chi connectivity index (χ2v) is 4.76. The highest BCUT2D eigenvalue weighted by Crippen LogP contribution is 2.34. The number of carboxylic acids is 1. The number of nitrogens with two attached hydrogens (primary N) is 1. The monoisotopic (exact) mass is 243 g/mol. The molecule has 1 aromatic heterocycles. The molecule has 1 unspecified atom stereocenters. The zero-order chi connectivity index (χ0) is 11.5. The van der Waals surface area contributed by atoms with Crippen molar-refractivity contribution in [3.63, 3.8) is 0 Å². The zero-order valence-electron chi connectivity index (χ0n) is 8.61. The first-order valence-corrected chi connectivity index (χ1v) is 6.17. The lowest BCUT2D eigenvalue weighted by atomic mass is 10.4. The van der Waals surface area contributed by atoms with E-state index in [9.17, 15) is 4.79 Å². The Hall–Kier alpha value is -1.15. The number of thioether (sulfide) groups is 1. The maximum Gasteiger partial charge on any atom is 0.321 e. The number of carboxylic acid groups (broad SMARTS) is 1. The molecule has 1 aliphatic carbocycles. The molecular weight excluding hydrogens is 230 g/mol. The molecule has 0 aromatic carbocycles. The third-order valence-corrected chi connectivity index (χ3v) is 3.36. The van der Waals surface area contributed by atoms with Crippen molar-refractivity contribution in [3.8, 4) is 0 Å². The molecule has 0 radical (unpaired) electrons. The van der Waals surface area contributed by atoms with E-state index in [1.807, 2.05) is 4.68 Å². The number of hydrogen-bond donors (Lipinski definition) is 2. The van der Waals surface area contributed by atoms with Gasteiger partial charge in [0.2, 0.25) is 0 Å². The number of rotatable bonds is 6. The molecule has 16 heavy (non-hydrogen) atoms. The minimum Gasteiger partial charge on any atom is -0.480 e. The van der Waals surface area contributed by atoms with Crippen LogP contribution in [0.3, 0.4) is 0 Å². The fourth-order valence-electron chi connectivity index (χ4n) is 1.26. The topological polar surface area (TPSA) is 107 Å². The smallest absolute Gasteiger partial charge is 0.321 e. The molecule has 1 atom stereocenters. The minimum absolute atomic E-state index is 0.368. The maximum absolute atomic E-state index is 10.5. The number of nitrogens with zero attached hydrogens (tertiary/aromatic N) is 4.